The molecule has 1 saturated carbocycles. The first-order valence-electron chi connectivity index (χ1n) is 9.38. The van der Waals surface area contributed by atoms with Crippen LogP contribution in [0.4, 0.5) is 11.8 Å². The molecular formula is C20H25BrN4. The number of fused-ring (bicyclic) bond motifs is 1. The number of aryl methyl sites for hydroxylation is 1. The maximum atomic E-state index is 4.85. The predicted molar refractivity (Wildman–Crippen MR) is 106 cm³/mol. The summed E-state index contributed by atoms with van der Waals surface area (Å²) in [5, 5.41) is 3.57. The Hall–Kier alpha value is -1.62. The highest BCUT2D eigenvalue weighted by atomic mass is 79.9. The van der Waals surface area contributed by atoms with E-state index in [1.807, 2.05) is 0 Å². The highest BCUT2D eigenvalue weighted by molar-refractivity contribution is 9.10. The van der Waals surface area contributed by atoms with Gasteiger partial charge in [-0.05, 0) is 48.9 Å². The summed E-state index contributed by atoms with van der Waals surface area (Å²) in [6.45, 7) is 4.09. The van der Waals surface area contributed by atoms with Gasteiger partial charge in [0.1, 0.15) is 5.82 Å². The molecule has 1 aliphatic carbocycles. The second-order valence-corrected chi connectivity index (χ2v) is 8.02. The first-order valence-corrected chi connectivity index (χ1v) is 10.2. The van der Waals surface area contributed by atoms with Gasteiger partial charge in [0.15, 0.2) is 0 Å². The maximum absolute atomic E-state index is 4.85. The van der Waals surface area contributed by atoms with Crippen molar-refractivity contribution in [2.24, 2.45) is 0 Å². The van der Waals surface area contributed by atoms with E-state index in [1.54, 1.807) is 0 Å². The fourth-order valence-electron chi connectivity index (χ4n) is 3.86. The van der Waals surface area contributed by atoms with Gasteiger partial charge in [-0.15, -0.1) is 0 Å². The molecule has 2 aromatic rings. The van der Waals surface area contributed by atoms with E-state index in [0.29, 0.717) is 6.04 Å². The first kappa shape index (κ1) is 16.8. The molecule has 0 saturated heterocycles. The van der Waals surface area contributed by atoms with E-state index in [4.69, 9.17) is 9.97 Å². The Labute approximate surface area is 158 Å². The summed E-state index contributed by atoms with van der Waals surface area (Å²) in [5.74, 6) is 1.86. The maximum Gasteiger partial charge on any atom is 0.225 e. The van der Waals surface area contributed by atoms with Gasteiger partial charge in [-0.2, -0.15) is 4.98 Å². The minimum atomic E-state index is 0.541. The lowest BCUT2D eigenvalue weighted by atomic mass is 10.00. The van der Waals surface area contributed by atoms with Crippen LogP contribution in [0.15, 0.2) is 28.7 Å². The van der Waals surface area contributed by atoms with Gasteiger partial charge in [-0.25, -0.2) is 4.98 Å². The molecule has 0 amide bonds. The Morgan fingerprint density at radius 3 is 2.80 bits per heavy atom. The molecule has 1 aromatic heterocycles. The van der Waals surface area contributed by atoms with Crippen LogP contribution in [-0.4, -0.2) is 22.6 Å². The molecule has 5 heteroatoms. The van der Waals surface area contributed by atoms with E-state index in [9.17, 15) is 0 Å². The number of benzene rings is 1. The molecule has 0 radical (unpaired) electrons. The second-order valence-electron chi connectivity index (χ2n) is 7.10. The van der Waals surface area contributed by atoms with E-state index in [1.165, 1.54) is 36.8 Å². The SMILES string of the molecule is CCc1cc(N2CCc3cc(Br)ccc3C2)nc(NC2CCCC2)n1. The zero-order chi connectivity index (χ0) is 17.2. The summed E-state index contributed by atoms with van der Waals surface area (Å²) in [4.78, 5) is 12.0. The third-order valence-corrected chi connectivity index (χ3v) is 5.81. The third kappa shape index (κ3) is 3.81. The summed E-state index contributed by atoms with van der Waals surface area (Å²) in [5.41, 5.74) is 3.96. The molecule has 0 spiro atoms. The van der Waals surface area contributed by atoms with Crippen molar-refractivity contribution in [1.29, 1.82) is 0 Å². The molecule has 0 unspecified atom stereocenters. The number of halogens is 1. The molecule has 1 aromatic carbocycles. The van der Waals surface area contributed by atoms with Crippen LogP contribution in [0.2, 0.25) is 0 Å². The van der Waals surface area contributed by atoms with Crippen molar-refractivity contribution < 1.29 is 0 Å². The molecular weight excluding hydrogens is 376 g/mol. The molecule has 4 nitrogen and oxygen atoms in total. The summed E-state index contributed by atoms with van der Waals surface area (Å²) in [6, 6.07) is 9.30. The monoisotopic (exact) mass is 400 g/mol. The van der Waals surface area contributed by atoms with Gasteiger partial charge in [-0.1, -0.05) is 41.8 Å². The molecule has 1 aliphatic heterocycles. The van der Waals surface area contributed by atoms with Crippen LogP contribution in [0.3, 0.4) is 0 Å². The largest absolute Gasteiger partial charge is 0.352 e. The quantitative estimate of drug-likeness (QED) is 0.805. The Morgan fingerprint density at radius 1 is 1.16 bits per heavy atom. The van der Waals surface area contributed by atoms with Crippen molar-refractivity contribution >= 4 is 27.7 Å². The normalized spacial score (nSPS) is 17.6. The molecule has 0 atom stereocenters. The van der Waals surface area contributed by atoms with Crippen molar-refractivity contribution in [3.8, 4) is 0 Å². The van der Waals surface area contributed by atoms with E-state index in [0.717, 1.165) is 47.9 Å². The van der Waals surface area contributed by atoms with Gasteiger partial charge in [0.05, 0.1) is 0 Å². The number of nitrogens with one attached hydrogen (secondary N) is 1. The van der Waals surface area contributed by atoms with E-state index >= 15 is 0 Å². The molecule has 1 fully saturated rings. The Kier molecular flexibility index (Phi) is 4.93. The van der Waals surface area contributed by atoms with E-state index in [2.05, 4.69) is 57.3 Å². The van der Waals surface area contributed by atoms with E-state index < -0.39 is 0 Å². The summed E-state index contributed by atoms with van der Waals surface area (Å²) < 4.78 is 1.16. The number of aromatic nitrogens is 2. The molecule has 25 heavy (non-hydrogen) atoms. The lowest BCUT2D eigenvalue weighted by Gasteiger charge is -2.30. The fraction of sp³-hybridized carbons (Fsp3) is 0.500. The van der Waals surface area contributed by atoms with Gasteiger partial charge in [0.25, 0.3) is 0 Å². The smallest absolute Gasteiger partial charge is 0.225 e. The molecule has 2 heterocycles. The summed E-state index contributed by atoms with van der Waals surface area (Å²) in [6.07, 6.45) is 7.10. The van der Waals surface area contributed by atoms with Gasteiger partial charge >= 0.3 is 0 Å². The lowest BCUT2D eigenvalue weighted by molar-refractivity contribution is 0.710. The van der Waals surface area contributed by atoms with Crippen LogP contribution in [-0.2, 0) is 19.4 Å². The summed E-state index contributed by atoms with van der Waals surface area (Å²) >= 11 is 3.58. The van der Waals surface area contributed by atoms with Gasteiger partial charge < -0.3 is 10.2 Å². The van der Waals surface area contributed by atoms with Crippen molar-refractivity contribution in [3.05, 3.63) is 45.6 Å². The van der Waals surface area contributed by atoms with Crippen LogP contribution in [0.5, 0.6) is 0 Å². The van der Waals surface area contributed by atoms with Crippen molar-refractivity contribution in [2.45, 2.75) is 58.0 Å². The van der Waals surface area contributed by atoms with Crippen LogP contribution in [0, 0.1) is 0 Å². The fourth-order valence-corrected chi connectivity index (χ4v) is 4.27. The zero-order valence-corrected chi connectivity index (χ0v) is 16.3. The summed E-state index contributed by atoms with van der Waals surface area (Å²) in [7, 11) is 0. The highest BCUT2D eigenvalue weighted by Crippen LogP contribution is 2.27. The number of hydrogen-bond acceptors (Lipinski definition) is 4. The van der Waals surface area contributed by atoms with Crippen LogP contribution in [0.25, 0.3) is 0 Å². The number of anilines is 2. The van der Waals surface area contributed by atoms with Crippen molar-refractivity contribution in [2.75, 3.05) is 16.8 Å². The zero-order valence-electron chi connectivity index (χ0n) is 14.8. The average Bonchev–Trinajstić information content (AvgIpc) is 3.14. The second kappa shape index (κ2) is 7.32. The lowest BCUT2D eigenvalue weighted by Crippen LogP contribution is -2.31. The predicted octanol–water partition coefficient (Wildman–Crippen LogP) is 4.72. The number of nitrogens with zero attached hydrogens (tertiary/aromatic N) is 3. The molecule has 4 rings (SSSR count). The van der Waals surface area contributed by atoms with Gasteiger partial charge in [0.2, 0.25) is 5.95 Å². The third-order valence-electron chi connectivity index (χ3n) is 5.32. The van der Waals surface area contributed by atoms with Crippen LogP contribution >= 0.6 is 15.9 Å². The van der Waals surface area contributed by atoms with Crippen LogP contribution < -0.4 is 10.2 Å². The Bertz CT molecular complexity index is 755. The van der Waals surface area contributed by atoms with Crippen molar-refractivity contribution in [1.82, 2.24) is 9.97 Å². The van der Waals surface area contributed by atoms with Gasteiger partial charge in [0, 0.05) is 35.4 Å². The number of hydrogen-bond donors (Lipinski definition) is 1. The first-order chi connectivity index (χ1) is 12.2. The topological polar surface area (TPSA) is 41.1 Å². The molecule has 132 valence electrons. The standard InChI is InChI=1S/C20H25BrN4/c1-2-17-12-19(24-20(22-17)23-18-5-3-4-6-18)25-10-9-14-11-16(21)8-7-15(14)13-25/h7-8,11-12,18H,2-6,9-10,13H2,1H3,(H,22,23,24). The van der Waals surface area contributed by atoms with E-state index in [-0.39, 0.29) is 0 Å². The van der Waals surface area contributed by atoms with Gasteiger partial charge in [-0.3, -0.25) is 0 Å². The average molecular weight is 401 g/mol. The molecule has 2 aliphatic rings. The minimum Gasteiger partial charge on any atom is -0.352 e. The highest BCUT2D eigenvalue weighted by Gasteiger charge is 2.20. The molecule has 1 N–H and O–H groups in total. The van der Waals surface area contributed by atoms with Crippen LogP contribution in [0.1, 0.15) is 49.4 Å². The Morgan fingerprint density at radius 2 is 2.00 bits per heavy atom. The number of rotatable bonds is 4. The molecule has 0 bridgehead atoms. The minimum absolute atomic E-state index is 0.541. The Balaban J connectivity index is 1.57. The van der Waals surface area contributed by atoms with Crippen molar-refractivity contribution in [3.63, 3.8) is 0 Å².